The minimum Gasteiger partial charge on any atom is -0.384 e. The Kier molecular flexibility index (Phi) is 4.32. The lowest BCUT2D eigenvalue weighted by Gasteiger charge is -2.30. The zero-order valence-corrected chi connectivity index (χ0v) is 12.2. The number of nitrogens with one attached hydrogen (secondary N) is 1. The molecule has 19 heavy (non-hydrogen) atoms. The number of likely N-dealkylation sites (N-methyl/N-ethyl adjacent to an activating group) is 1. The van der Waals surface area contributed by atoms with E-state index in [-0.39, 0.29) is 5.84 Å². The van der Waals surface area contributed by atoms with Gasteiger partial charge in [0.2, 0.25) is 0 Å². The van der Waals surface area contributed by atoms with Crippen molar-refractivity contribution in [3.8, 4) is 0 Å². The molecule has 1 saturated heterocycles. The predicted octanol–water partition coefficient (Wildman–Crippen LogP) is 2.15. The van der Waals surface area contributed by atoms with Gasteiger partial charge in [0.1, 0.15) is 5.84 Å². The van der Waals surface area contributed by atoms with Crippen molar-refractivity contribution in [1.29, 1.82) is 5.41 Å². The van der Waals surface area contributed by atoms with Crippen molar-refractivity contribution < 1.29 is 0 Å². The molecule has 1 aromatic rings. The summed E-state index contributed by atoms with van der Waals surface area (Å²) < 4.78 is 0. The minimum atomic E-state index is 0.0769. The first kappa shape index (κ1) is 14.2. The van der Waals surface area contributed by atoms with Gasteiger partial charge in [-0.1, -0.05) is 11.6 Å². The number of nitrogens with zero attached hydrogens (tertiary/aromatic N) is 2. The smallest absolute Gasteiger partial charge is 0.124 e. The van der Waals surface area contributed by atoms with E-state index in [9.17, 15) is 0 Å². The monoisotopic (exact) mass is 280 g/mol. The van der Waals surface area contributed by atoms with Crippen LogP contribution in [0.5, 0.6) is 0 Å². The zero-order chi connectivity index (χ0) is 14.0. The number of amidine groups is 1. The number of benzene rings is 1. The molecule has 5 heteroatoms. The largest absolute Gasteiger partial charge is 0.384 e. The van der Waals surface area contributed by atoms with E-state index in [1.807, 2.05) is 12.1 Å². The van der Waals surface area contributed by atoms with Gasteiger partial charge < -0.3 is 15.5 Å². The molecule has 1 aliphatic rings. The first-order valence-electron chi connectivity index (χ1n) is 6.54. The molecule has 1 atom stereocenters. The molecule has 1 heterocycles. The summed E-state index contributed by atoms with van der Waals surface area (Å²) in [6, 6.07) is 6.11. The molecule has 0 aliphatic carbocycles. The third kappa shape index (κ3) is 3.19. The quantitative estimate of drug-likeness (QED) is 0.656. The highest BCUT2D eigenvalue weighted by atomic mass is 35.5. The van der Waals surface area contributed by atoms with Crippen molar-refractivity contribution in [3.05, 3.63) is 28.8 Å². The van der Waals surface area contributed by atoms with Crippen LogP contribution in [-0.2, 0) is 0 Å². The Labute approximate surface area is 119 Å². The number of hydrogen-bond donors (Lipinski definition) is 2. The summed E-state index contributed by atoms with van der Waals surface area (Å²) in [5.41, 5.74) is 7.45. The number of nitrogen functional groups attached to an aromatic ring is 1. The fourth-order valence-corrected chi connectivity index (χ4v) is 2.91. The molecule has 2 rings (SSSR count). The second kappa shape index (κ2) is 5.80. The van der Waals surface area contributed by atoms with Crippen molar-refractivity contribution in [2.75, 3.05) is 32.1 Å². The summed E-state index contributed by atoms with van der Waals surface area (Å²) in [5.74, 6) is 0.0769. The van der Waals surface area contributed by atoms with Gasteiger partial charge in [-0.2, -0.15) is 0 Å². The highest BCUT2D eigenvalue weighted by molar-refractivity contribution is 6.31. The van der Waals surface area contributed by atoms with Crippen LogP contribution in [0, 0.1) is 5.41 Å². The van der Waals surface area contributed by atoms with Crippen LogP contribution in [0.25, 0.3) is 0 Å². The lowest BCUT2D eigenvalue weighted by molar-refractivity contribution is 0.372. The molecule has 1 fully saturated rings. The molecule has 0 aromatic heterocycles. The summed E-state index contributed by atoms with van der Waals surface area (Å²) >= 11 is 6.01. The Morgan fingerprint density at radius 2 is 2.26 bits per heavy atom. The van der Waals surface area contributed by atoms with Crippen molar-refractivity contribution >= 4 is 23.1 Å². The average Bonchev–Trinajstić information content (AvgIpc) is 2.76. The van der Waals surface area contributed by atoms with E-state index in [0.717, 1.165) is 24.3 Å². The van der Waals surface area contributed by atoms with Gasteiger partial charge in [-0.25, -0.2) is 0 Å². The Bertz CT molecular complexity index is 473. The van der Waals surface area contributed by atoms with Crippen molar-refractivity contribution in [2.24, 2.45) is 5.73 Å². The van der Waals surface area contributed by atoms with Gasteiger partial charge >= 0.3 is 0 Å². The number of rotatable bonds is 4. The SMILES string of the molecule is CN(C)CC1CCCN1c1ccc(Cl)cc1C(=N)N. The molecule has 4 nitrogen and oxygen atoms in total. The van der Waals surface area contributed by atoms with Gasteiger partial charge in [0.05, 0.1) is 0 Å². The third-order valence-electron chi connectivity index (χ3n) is 3.51. The first-order chi connectivity index (χ1) is 8.99. The summed E-state index contributed by atoms with van der Waals surface area (Å²) in [5, 5.41) is 8.35. The number of anilines is 1. The van der Waals surface area contributed by atoms with Crippen LogP contribution in [0.4, 0.5) is 5.69 Å². The van der Waals surface area contributed by atoms with Gasteiger partial charge in [0, 0.05) is 35.4 Å². The lowest BCUT2D eigenvalue weighted by atomic mass is 10.1. The van der Waals surface area contributed by atoms with Gasteiger partial charge in [-0.05, 0) is 45.1 Å². The Hall–Kier alpha value is -1.26. The number of hydrogen-bond acceptors (Lipinski definition) is 3. The Morgan fingerprint density at radius 1 is 1.53 bits per heavy atom. The van der Waals surface area contributed by atoms with Gasteiger partial charge in [0.25, 0.3) is 0 Å². The van der Waals surface area contributed by atoms with Crippen LogP contribution >= 0.6 is 11.6 Å². The fourth-order valence-electron chi connectivity index (χ4n) is 2.74. The van der Waals surface area contributed by atoms with E-state index in [4.69, 9.17) is 22.7 Å². The molecule has 104 valence electrons. The molecule has 1 aromatic carbocycles. The maximum atomic E-state index is 7.73. The van der Waals surface area contributed by atoms with E-state index in [1.165, 1.54) is 12.8 Å². The first-order valence-corrected chi connectivity index (χ1v) is 6.92. The molecule has 1 unspecified atom stereocenters. The standard InChI is InChI=1S/C14H21ClN4/c1-18(2)9-11-4-3-7-19(11)13-6-5-10(15)8-12(13)14(16)17/h5-6,8,11H,3-4,7,9H2,1-2H3,(H3,16,17). The third-order valence-corrected chi connectivity index (χ3v) is 3.75. The lowest BCUT2D eigenvalue weighted by Crippen LogP contribution is -2.38. The molecule has 0 spiro atoms. The molecule has 3 N–H and O–H groups in total. The highest BCUT2D eigenvalue weighted by Crippen LogP contribution is 2.30. The van der Waals surface area contributed by atoms with Crippen LogP contribution in [-0.4, -0.2) is 44.0 Å². The van der Waals surface area contributed by atoms with Crippen LogP contribution in [0.1, 0.15) is 18.4 Å². The maximum Gasteiger partial charge on any atom is 0.124 e. The molecular formula is C14H21ClN4. The molecule has 0 saturated carbocycles. The maximum absolute atomic E-state index is 7.73. The number of nitrogens with two attached hydrogens (primary N) is 1. The topological polar surface area (TPSA) is 56.4 Å². The van der Waals surface area contributed by atoms with E-state index in [0.29, 0.717) is 11.1 Å². The zero-order valence-electron chi connectivity index (χ0n) is 11.5. The van der Waals surface area contributed by atoms with Gasteiger partial charge in [-0.3, -0.25) is 5.41 Å². The Balaban J connectivity index is 2.32. The number of halogens is 1. The fraction of sp³-hybridized carbons (Fsp3) is 0.500. The van der Waals surface area contributed by atoms with E-state index in [2.05, 4.69) is 23.9 Å². The predicted molar refractivity (Wildman–Crippen MR) is 81.4 cm³/mol. The second-order valence-electron chi connectivity index (χ2n) is 5.33. The summed E-state index contributed by atoms with van der Waals surface area (Å²) in [7, 11) is 4.18. The van der Waals surface area contributed by atoms with Crippen LogP contribution in [0.3, 0.4) is 0 Å². The second-order valence-corrected chi connectivity index (χ2v) is 5.76. The van der Waals surface area contributed by atoms with E-state index >= 15 is 0 Å². The average molecular weight is 281 g/mol. The van der Waals surface area contributed by atoms with E-state index < -0.39 is 0 Å². The van der Waals surface area contributed by atoms with E-state index in [1.54, 1.807) is 6.07 Å². The molecular weight excluding hydrogens is 260 g/mol. The van der Waals surface area contributed by atoms with Crippen molar-refractivity contribution in [2.45, 2.75) is 18.9 Å². The van der Waals surface area contributed by atoms with Gasteiger partial charge in [0.15, 0.2) is 0 Å². The molecule has 0 amide bonds. The summed E-state index contributed by atoms with van der Waals surface area (Å²) in [6.45, 7) is 2.03. The minimum absolute atomic E-state index is 0.0769. The van der Waals surface area contributed by atoms with Crippen molar-refractivity contribution in [1.82, 2.24) is 4.90 Å². The van der Waals surface area contributed by atoms with Crippen LogP contribution < -0.4 is 10.6 Å². The summed E-state index contributed by atoms with van der Waals surface area (Å²) in [6.07, 6.45) is 2.36. The highest BCUT2D eigenvalue weighted by Gasteiger charge is 2.27. The van der Waals surface area contributed by atoms with Gasteiger partial charge in [-0.15, -0.1) is 0 Å². The van der Waals surface area contributed by atoms with Crippen LogP contribution in [0.2, 0.25) is 5.02 Å². The normalized spacial score (nSPS) is 19.2. The van der Waals surface area contributed by atoms with Crippen LogP contribution in [0.15, 0.2) is 18.2 Å². The molecule has 0 bridgehead atoms. The molecule has 0 radical (unpaired) electrons. The Morgan fingerprint density at radius 3 is 2.89 bits per heavy atom. The molecule has 1 aliphatic heterocycles. The summed E-state index contributed by atoms with van der Waals surface area (Å²) in [4.78, 5) is 4.55. The van der Waals surface area contributed by atoms with Crippen molar-refractivity contribution in [3.63, 3.8) is 0 Å².